The van der Waals surface area contributed by atoms with E-state index in [4.69, 9.17) is 0 Å². The summed E-state index contributed by atoms with van der Waals surface area (Å²) in [6.07, 6.45) is 4.86. The van der Waals surface area contributed by atoms with Crippen molar-refractivity contribution in [3.63, 3.8) is 0 Å². The average molecular weight is 273 g/mol. The van der Waals surface area contributed by atoms with Crippen LogP contribution in [0.3, 0.4) is 0 Å². The zero-order chi connectivity index (χ0) is 14.1. The van der Waals surface area contributed by atoms with Crippen molar-refractivity contribution in [1.29, 1.82) is 0 Å². The van der Waals surface area contributed by atoms with E-state index < -0.39 is 0 Å². The lowest BCUT2D eigenvalue weighted by atomic mass is 9.84. The summed E-state index contributed by atoms with van der Waals surface area (Å²) in [5, 5.41) is 3.02. The Hall–Kier alpha value is -1.91. The van der Waals surface area contributed by atoms with Crippen LogP contribution in [0.2, 0.25) is 0 Å². The van der Waals surface area contributed by atoms with Gasteiger partial charge < -0.3 is 10.2 Å². The lowest BCUT2D eigenvalue weighted by Crippen LogP contribution is -2.62. The summed E-state index contributed by atoms with van der Waals surface area (Å²) in [4.78, 5) is 30.0. The third kappa shape index (κ3) is 2.40. The monoisotopic (exact) mass is 273 g/mol. The van der Waals surface area contributed by atoms with Crippen LogP contribution in [0, 0.1) is 12.8 Å². The van der Waals surface area contributed by atoms with Crippen LogP contribution in [-0.2, 0) is 4.79 Å². The molecular weight excluding hydrogens is 254 g/mol. The molecule has 1 saturated heterocycles. The van der Waals surface area contributed by atoms with Crippen molar-refractivity contribution in [1.82, 2.24) is 15.2 Å². The largest absolute Gasteiger partial charge is 0.350 e. The van der Waals surface area contributed by atoms with Gasteiger partial charge in [0.05, 0.1) is 11.6 Å². The zero-order valence-electron chi connectivity index (χ0n) is 11.6. The Bertz CT molecular complexity index is 534. The Morgan fingerprint density at radius 2 is 2.10 bits per heavy atom. The number of carbonyl (C=O) groups is 2. The van der Waals surface area contributed by atoms with E-state index in [-0.39, 0.29) is 23.8 Å². The minimum Gasteiger partial charge on any atom is -0.350 e. The summed E-state index contributed by atoms with van der Waals surface area (Å²) in [5.74, 6) is 0.371. The molecule has 1 aromatic heterocycles. The van der Waals surface area contributed by atoms with Crippen molar-refractivity contribution in [3.05, 3.63) is 29.6 Å². The highest BCUT2D eigenvalue weighted by Crippen LogP contribution is 2.26. The molecule has 5 heteroatoms. The van der Waals surface area contributed by atoms with Gasteiger partial charge in [0.15, 0.2) is 0 Å². The Morgan fingerprint density at radius 1 is 1.35 bits per heavy atom. The second-order valence-corrected chi connectivity index (χ2v) is 5.68. The van der Waals surface area contributed by atoms with Crippen LogP contribution < -0.4 is 5.32 Å². The summed E-state index contributed by atoms with van der Waals surface area (Å²) in [6, 6.07) is 3.69. The predicted molar refractivity (Wildman–Crippen MR) is 74.1 cm³/mol. The van der Waals surface area contributed by atoms with Gasteiger partial charge in [-0.2, -0.15) is 0 Å². The molecule has 2 fully saturated rings. The number of amides is 2. The van der Waals surface area contributed by atoms with Gasteiger partial charge in [0.2, 0.25) is 5.91 Å². The molecule has 1 aliphatic heterocycles. The first kappa shape index (κ1) is 13.1. The highest BCUT2D eigenvalue weighted by Gasteiger charge is 2.35. The lowest BCUT2D eigenvalue weighted by Gasteiger charge is -2.40. The molecule has 20 heavy (non-hydrogen) atoms. The number of hydrogen-bond acceptors (Lipinski definition) is 3. The molecule has 0 radical (unpaired) electrons. The maximum Gasteiger partial charge on any atom is 0.255 e. The third-order valence-electron chi connectivity index (χ3n) is 4.23. The molecule has 1 aliphatic carbocycles. The molecule has 2 aliphatic rings. The van der Waals surface area contributed by atoms with Crippen LogP contribution >= 0.6 is 0 Å². The van der Waals surface area contributed by atoms with Crippen molar-refractivity contribution >= 4 is 11.8 Å². The SMILES string of the molecule is Cc1ncccc1C(=O)N1CC(NC(=O)C2CCC2)C1. The number of aromatic nitrogens is 1. The Kier molecular flexibility index (Phi) is 3.42. The van der Waals surface area contributed by atoms with Crippen LogP contribution in [0.25, 0.3) is 0 Å². The van der Waals surface area contributed by atoms with Gasteiger partial charge in [0.25, 0.3) is 5.91 Å². The van der Waals surface area contributed by atoms with Crippen molar-refractivity contribution in [2.24, 2.45) is 5.92 Å². The molecule has 0 unspecified atom stereocenters. The first-order valence-corrected chi connectivity index (χ1v) is 7.16. The number of pyridine rings is 1. The standard InChI is InChI=1S/C15H19N3O2/c1-10-13(6-3-7-16-10)15(20)18-8-12(9-18)17-14(19)11-4-2-5-11/h3,6-7,11-12H,2,4-5,8-9H2,1H3,(H,17,19). The topological polar surface area (TPSA) is 62.3 Å². The summed E-state index contributed by atoms with van der Waals surface area (Å²) >= 11 is 0. The fourth-order valence-corrected chi connectivity index (χ4v) is 2.61. The van der Waals surface area contributed by atoms with Crippen LogP contribution in [0.1, 0.15) is 35.3 Å². The number of nitrogens with zero attached hydrogens (tertiary/aromatic N) is 2. The second-order valence-electron chi connectivity index (χ2n) is 5.68. The smallest absolute Gasteiger partial charge is 0.255 e. The first-order chi connectivity index (χ1) is 9.65. The van der Waals surface area contributed by atoms with Gasteiger partial charge in [-0.3, -0.25) is 14.6 Å². The molecule has 0 aromatic carbocycles. The molecule has 106 valence electrons. The van der Waals surface area contributed by atoms with Gasteiger partial charge in [-0.15, -0.1) is 0 Å². The minimum atomic E-state index is 0.00439. The van der Waals surface area contributed by atoms with Gasteiger partial charge in [-0.1, -0.05) is 6.42 Å². The van der Waals surface area contributed by atoms with Gasteiger partial charge in [-0.05, 0) is 31.9 Å². The minimum absolute atomic E-state index is 0.00439. The number of carbonyl (C=O) groups excluding carboxylic acids is 2. The molecule has 1 aromatic rings. The van der Waals surface area contributed by atoms with E-state index in [0.717, 1.165) is 25.0 Å². The Balaban J connectivity index is 1.51. The second kappa shape index (κ2) is 5.23. The molecule has 0 atom stereocenters. The fraction of sp³-hybridized carbons (Fsp3) is 0.533. The van der Waals surface area contributed by atoms with Gasteiger partial charge in [0, 0.05) is 30.9 Å². The Labute approximate surface area is 118 Å². The van der Waals surface area contributed by atoms with E-state index in [1.165, 1.54) is 0 Å². The quantitative estimate of drug-likeness (QED) is 0.898. The zero-order valence-corrected chi connectivity index (χ0v) is 11.6. The number of likely N-dealkylation sites (tertiary alicyclic amines) is 1. The molecule has 0 bridgehead atoms. The highest BCUT2D eigenvalue weighted by molar-refractivity contribution is 5.95. The van der Waals surface area contributed by atoms with E-state index in [1.54, 1.807) is 23.2 Å². The summed E-state index contributed by atoms with van der Waals surface area (Å²) in [7, 11) is 0. The van der Waals surface area contributed by atoms with Gasteiger partial charge in [0.1, 0.15) is 0 Å². The maximum atomic E-state index is 12.3. The van der Waals surface area contributed by atoms with Crippen molar-refractivity contribution in [2.45, 2.75) is 32.2 Å². The summed E-state index contributed by atoms with van der Waals surface area (Å²) in [5.41, 5.74) is 1.40. The molecule has 3 rings (SSSR count). The van der Waals surface area contributed by atoms with E-state index in [2.05, 4.69) is 10.3 Å². The summed E-state index contributed by atoms with van der Waals surface area (Å²) < 4.78 is 0. The highest BCUT2D eigenvalue weighted by atomic mass is 16.2. The van der Waals surface area contributed by atoms with Crippen molar-refractivity contribution in [2.75, 3.05) is 13.1 Å². The molecule has 0 spiro atoms. The number of nitrogens with one attached hydrogen (secondary N) is 1. The number of rotatable bonds is 3. The van der Waals surface area contributed by atoms with E-state index in [9.17, 15) is 9.59 Å². The normalized spacial score (nSPS) is 19.1. The first-order valence-electron chi connectivity index (χ1n) is 7.16. The molecule has 1 saturated carbocycles. The van der Waals surface area contributed by atoms with Crippen molar-refractivity contribution in [3.8, 4) is 0 Å². The lowest BCUT2D eigenvalue weighted by molar-refractivity contribution is -0.129. The number of hydrogen-bond donors (Lipinski definition) is 1. The van der Waals surface area contributed by atoms with E-state index >= 15 is 0 Å². The molecule has 2 heterocycles. The van der Waals surface area contributed by atoms with Gasteiger partial charge in [-0.25, -0.2) is 0 Å². The maximum absolute atomic E-state index is 12.3. The van der Waals surface area contributed by atoms with Crippen molar-refractivity contribution < 1.29 is 9.59 Å². The van der Waals surface area contributed by atoms with Crippen LogP contribution in [0.4, 0.5) is 0 Å². The summed E-state index contributed by atoms with van der Waals surface area (Å²) in [6.45, 7) is 3.04. The van der Waals surface area contributed by atoms with Gasteiger partial charge >= 0.3 is 0 Å². The van der Waals surface area contributed by atoms with Crippen LogP contribution in [0.15, 0.2) is 18.3 Å². The molecule has 1 N–H and O–H groups in total. The van der Waals surface area contributed by atoms with Crippen LogP contribution in [-0.4, -0.2) is 40.8 Å². The molecule has 2 amide bonds. The third-order valence-corrected chi connectivity index (χ3v) is 4.23. The van der Waals surface area contributed by atoms with E-state index in [1.807, 2.05) is 6.92 Å². The molecular formula is C15H19N3O2. The predicted octanol–water partition coefficient (Wildman–Crippen LogP) is 1.13. The Morgan fingerprint density at radius 3 is 2.70 bits per heavy atom. The fourth-order valence-electron chi connectivity index (χ4n) is 2.61. The van der Waals surface area contributed by atoms with Crippen LogP contribution in [0.5, 0.6) is 0 Å². The van der Waals surface area contributed by atoms with E-state index in [0.29, 0.717) is 18.7 Å². The molecule has 5 nitrogen and oxygen atoms in total. The average Bonchev–Trinajstić information content (AvgIpc) is 2.31. The number of aryl methyl sites for hydroxylation is 1.